The van der Waals surface area contributed by atoms with Crippen LogP contribution >= 0.6 is 12.0 Å². The number of fused-ring (bicyclic) bond motifs is 3. The third-order valence-corrected chi connectivity index (χ3v) is 9.05. The summed E-state index contributed by atoms with van der Waals surface area (Å²) in [4.78, 5) is 22.2. The topological polar surface area (TPSA) is 165 Å². The summed E-state index contributed by atoms with van der Waals surface area (Å²) in [5, 5.41) is 24.1. The standard InChI is InChI=1S/C27H35NO10S2/c1-18-27(2,14-8-4-7-11-25(31)36-3)26-21-16-19(40(33,34)35)17-23(39-38-37-32)20(21)12-13-22(26)28(18)15-9-5-6-10-24(29)30/h12-13,16-17H,4-11,14-15H2,1-3H3,(H2-,29,30,32,33,34,35)/p-1. The van der Waals surface area contributed by atoms with E-state index in [1.807, 2.05) is 13.0 Å². The number of carboxylic acid groups (broad SMARTS) is 1. The van der Waals surface area contributed by atoms with E-state index in [0.717, 1.165) is 48.7 Å². The van der Waals surface area contributed by atoms with E-state index in [4.69, 9.17) is 9.84 Å². The first-order valence-corrected chi connectivity index (χ1v) is 15.2. The number of hydrogen-bond acceptors (Lipinski definition) is 10. The minimum Gasteiger partial charge on any atom is -0.744 e. The summed E-state index contributed by atoms with van der Waals surface area (Å²) >= 11 is 0.528. The van der Waals surface area contributed by atoms with Gasteiger partial charge in [0.05, 0.1) is 29.5 Å². The largest absolute Gasteiger partial charge is 0.744 e. The highest BCUT2D eigenvalue weighted by Crippen LogP contribution is 2.48. The lowest BCUT2D eigenvalue weighted by molar-refractivity contribution is -0.777. The van der Waals surface area contributed by atoms with E-state index in [-0.39, 0.29) is 17.3 Å². The van der Waals surface area contributed by atoms with Crippen LogP contribution < -0.4 is 5.26 Å². The molecule has 3 rings (SSSR count). The first-order chi connectivity index (χ1) is 18.9. The van der Waals surface area contributed by atoms with Crippen LogP contribution in [-0.4, -0.2) is 54.0 Å². The van der Waals surface area contributed by atoms with E-state index in [1.54, 1.807) is 6.07 Å². The highest BCUT2D eigenvalue weighted by molar-refractivity contribution is 7.94. The molecular weight excluding hydrogens is 562 g/mol. The predicted molar refractivity (Wildman–Crippen MR) is 144 cm³/mol. The zero-order chi connectivity index (χ0) is 29.5. The summed E-state index contributed by atoms with van der Waals surface area (Å²) in [5.74, 6) is -1.09. The molecule has 0 aliphatic carbocycles. The predicted octanol–water partition coefficient (Wildman–Crippen LogP) is 4.12. The minimum atomic E-state index is -4.84. The summed E-state index contributed by atoms with van der Waals surface area (Å²) in [5.41, 5.74) is 2.24. The molecule has 1 N–H and O–H groups in total. The normalized spacial score (nSPS) is 16.9. The van der Waals surface area contributed by atoms with Gasteiger partial charge in [-0.25, -0.2) is 8.42 Å². The average molecular weight is 597 g/mol. The monoisotopic (exact) mass is 596 g/mol. The Morgan fingerprint density at radius 3 is 2.40 bits per heavy atom. The third kappa shape index (κ3) is 7.39. The van der Waals surface area contributed by atoms with Gasteiger partial charge in [0.15, 0.2) is 5.71 Å². The van der Waals surface area contributed by atoms with Gasteiger partial charge in [-0.05, 0) is 61.6 Å². The third-order valence-electron chi connectivity index (χ3n) is 7.59. The number of nitrogens with zero attached hydrogens (tertiary/aromatic N) is 1. The second-order valence-electron chi connectivity index (χ2n) is 10.1. The molecule has 0 amide bonds. The molecule has 2 aromatic rings. The number of aliphatic carboxylic acids is 1. The number of carbonyl (C=O) groups excluding carboxylic acids is 1. The maximum atomic E-state index is 12.1. The minimum absolute atomic E-state index is 0.106. The van der Waals surface area contributed by atoms with Crippen LogP contribution in [0.2, 0.25) is 0 Å². The number of ether oxygens (including phenoxy) is 1. The van der Waals surface area contributed by atoms with Gasteiger partial charge in [-0.15, -0.1) is 0 Å². The van der Waals surface area contributed by atoms with E-state index in [9.17, 15) is 27.8 Å². The lowest BCUT2D eigenvalue weighted by Gasteiger charge is -2.24. The molecule has 220 valence electrons. The van der Waals surface area contributed by atoms with Crippen LogP contribution in [-0.2, 0) is 39.2 Å². The number of carboxylic acids is 1. The highest BCUT2D eigenvalue weighted by atomic mass is 32.2. The second-order valence-corrected chi connectivity index (χ2v) is 12.2. The van der Waals surface area contributed by atoms with E-state index in [2.05, 4.69) is 20.9 Å². The van der Waals surface area contributed by atoms with Gasteiger partial charge in [-0.3, -0.25) is 14.6 Å². The molecular formula is C27H34NO10S2-. The Morgan fingerprint density at radius 1 is 1.05 bits per heavy atom. The Morgan fingerprint density at radius 2 is 1.75 bits per heavy atom. The zero-order valence-corrected chi connectivity index (χ0v) is 24.4. The molecule has 1 aliphatic rings. The van der Waals surface area contributed by atoms with Crippen LogP contribution in [0, 0.1) is 0 Å². The lowest BCUT2D eigenvalue weighted by atomic mass is 9.74. The molecule has 11 nitrogen and oxygen atoms in total. The van der Waals surface area contributed by atoms with Crippen molar-refractivity contribution >= 4 is 56.3 Å². The Hall–Kier alpha value is -2.55. The molecule has 1 heterocycles. The summed E-state index contributed by atoms with van der Waals surface area (Å²) in [6.07, 6.45) is 5.40. The van der Waals surface area contributed by atoms with Crippen LogP contribution in [0.3, 0.4) is 0 Å². The molecule has 1 atom stereocenters. The number of rotatable bonds is 16. The van der Waals surface area contributed by atoms with Crippen molar-refractivity contribution in [3.05, 3.63) is 29.8 Å². The average Bonchev–Trinajstić information content (AvgIpc) is 3.12. The lowest BCUT2D eigenvalue weighted by Crippen LogP contribution is -2.30. The molecule has 40 heavy (non-hydrogen) atoms. The Balaban J connectivity index is 2.07. The molecule has 1 unspecified atom stereocenters. The zero-order valence-electron chi connectivity index (χ0n) is 22.8. The van der Waals surface area contributed by atoms with E-state index in [1.165, 1.54) is 13.2 Å². The van der Waals surface area contributed by atoms with Gasteiger partial charge in [0, 0.05) is 42.7 Å². The molecule has 0 aromatic heterocycles. The van der Waals surface area contributed by atoms with Crippen LogP contribution in [0.1, 0.15) is 77.2 Å². The van der Waals surface area contributed by atoms with E-state index in [0.29, 0.717) is 55.0 Å². The number of unbranched alkanes of at least 4 members (excludes halogenated alkanes) is 4. The van der Waals surface area contributed by atoms with E-state index >= 15 is 0 Å². The Bertz CT molecular complexity index is 1390. The van der Waals surface area contributed by atoms with Gasteiger partial charge >= 0.3 is 11.9 Å². The van der Waals surface area contributed by atoms with Crippen molar-refractivity contribution in [2.75, 3.05) is 13.7 Å². The van der Waals surface area contributed by atoms with Crippen LogP contribution in [0.15, 0.2) is 34.1 Å². The quantitative estimate of drug-likeness (QED) is 0.0563. The summed E-state index contributed by atoms with van der Waals surface area (Å²) in [7, 11) is -3.48. The van der Waals surface area contributed by atoms with Crippen molar-refractivity contribution in [3.63, 3.8) is 0 Å². The molecule has 13 heteroatoms. The SMILES string of the molecule is COC(=O)CCCCCC1(C)C(C)=[N+](CCCCCC(=O)O)c2ccc3c(SOO[O-])cc(S(=O)(=O)[O-])cc3c21. The fraction of sp³-hybridized carbons (Fsp3) is 0.519. The van der Waals surface area contributed by atoms with Crippen molar-refractivity contribution in [1.29, 1.82) is 0 Å². The first kappa shape index (κ1) is 32.0. The van der Waals surface area contributed by atoms with Gasteiger partial charge in [-0.2, -0.15) is 8.91 Å². The first-order valence-electron chi connectivity index (χ1n) is 13.0. The van der Waals surface area contributed by atoms with Crippen molar-refractivity contribution in [1.82, 2.24) is 0 Å². The van der Waals surface area contributed by atoms with Gasteiger partial charge in [0.1, 0.15) is 16.7 Å². The molecule has 0 spiro atoms. The number of methoxy groups -OCH3 is 1. The molecule has 0 fully saturated rings. The van der Waals surface area contributed by atoms with Crippen molar-refractivity contribution in [2.24, 2.45) is 0 Å². The van der Waals surface area contributed by atoms with Gasteiger partial charge < -0.3 is 19.7 Å². The molecule has 0 saturated heterocycles. The molecule has 0 saturated carbocycles. The molecule has 0 bridgehead atoms. The van der Waals surface area contributed by atoms with Crippen LogP contribution in [0.25, 0.3) is 10.8 Å². The fourth-order valence-corrected chi connectivity index (χ4v) is 6.58. The Labute approximate surface area is 237 Å². The number of carbonyl (C=O) groups is 2. The highest BCUT2D eigenvalue weighted by Gasteiger charge is 2.47. The number of hydrogen-bond donors (Lipinski definition) is 1. The molecule has 2 aromatic carbocycles. The van der Waals surface area contributed by atoms with Gasteiger partial charge in [0.25, 0.3) is 0 Å². The van der Waals surface area contributed by atoms with E-state index < -0.39 is 26.4 Å². The van der Waals surface area contributed by atoms with Crippen molar-refractivity contribution in [3.8, 4) is 0 Å². The van der Waals surface area contributed by atoms with Gasteiger partial charge in [-0.1, -0.05) is 12.8 Å². The van der Waals surface area contributed by atoms with Crippen molar-refractivity contribution < 1.29 is 51.6 Å². The summed E-state index contributed by atoms with van der Waals surface area (Å²) < 4.78 is 47.6. The van der Waals surface area contributed by atoms with Crippen LogP contribution in [0.5, 0.6) is 0 Å². The Kier molecular flexibility index (Phi) is 11.1. The molecule has 1 aliphatic heterocycles. The van der Waals surface area contributed by atoms with Crippen molar-refractivity contribution in [2.45, 2.75) is 86.8 Å². The summed E-state index contributed by atoms with van der Waals surface area (Å²) in [6, 6.07) is 6.25. The maximum absolute atomic E-state index is 12.1. The summed E-state index contributed by atoms with van der Waals surface area (Å²) in [6.45, 7) is 4.74. The van der Waals surface area contributed by atoms with Gasteiger partial charge in [0.2, 0.25) is 5.69 Å². The smallest absolute Gasteiger partial charge is 0.305 e. The fourth-order valence-electron chi connectivity index (χ4n) is 5.44. The van der Waals surface area contributed by atoms with Crippen LogP contribution in [0.4, 0.5) is 5.69 Å². The molecule has 0 radical (unpaired) electrons. The number of esters is 1. The second kappa shape index (κ2) is 13.9. The number of benzene rings is 2. The maximum Gasteiger partial charge on any atom is 0.305 e.